The molecule has 26 heavy (non-hydrogen) atoms. The molecule has 1 fully saturated rings. The van der Waals surface area contributed by atoms with Gasteiger partial charge in [-0.2, -0.15) is 0 Å². The summed E-state index contributed by atoms with van der Waals surface area (Å²) in [5, 5.41) is 1.02. The molecule has 1 aromatic carbocycles. The molecule has 2 amide bonds. The van der Waals surface area contributed by atoms with Crippen molar-refractivity contribution in [3.63, 3.8) is 0 Å². The smallest absolute Gasteiger partial charge is 0.410 e. The van der Waals surface area contributed by atoms with Crippen LogP contribution >= 0.6 is 34.8 Å². The molecule has 0 unspecified atom stereocenters. The first kappa shape index (κ1) is 20.9. The van der Waals surface area contributed by atoms with Crippen molar-refractivity contribution in [1.82, 2.24) is 10.3 Å². The Labute approximate surface area is 168 Å². The zero-order valence-corrected chi connectivity index (χ0v) is 17.1. The van der Waals surface area contributed by atoms with Crippen LogP contribution in [0.25, 0.3) is 0 Å². The number of benzene rings is 1. The quantitative estimate of drug-likeness (QED) is 0.690. The normalized spacial score (nSPS) is 15.5. The Morgan fingerprint density at radius 3 is 2.15 bits per heavy atom. The molecule has 1 aromatic rings. The molecule has 1 aliphatic heterocycles. The maximum atomic E-state index is 12.3. The number of halogens is 3. The topological polar surface area (TPSA) is 70.7 Å². The van der Waals surface area contributed by atoms with Crippen LogP contribution in [0.3, 0.4) is 0 Å². The van der Waals surface area contributed by atoms with Gasteiger partial charge in [-0.25, -0.2) is 4.79 Å². The monoisotopic (exact) mass is 421 g/mol. The number of amides is 2. The van der Waals surface area contributed by atoms with Crippen LogP contribution in [0.15, 0.2) is 12.1 Å². The number of hydrazine groups is 1. The SMILES string of the molecule is CC(C)(C)OC(=O)N1CCC(C(=O)NNc2c(Cl)cc(Cl)cc2Cl)CC1. The van der Waals surface area contributed by atoms with Gasteiger partial charge < -0.3 is 9.64 Å². The van der Waals surface area contributed by atoms with Crippen LogP contribution in [0.5, 0.6) is 0 Å². The lowest BCUT2D eigenvalue weighted by molar-refractivity contribution is -0.125. The van der Waals surface area contributed by atoms with E-state index < -0.39 is 5.60 Å². The van der Waals surface area contributed by atoms with E-state index in [1.54, 1.807) is 4.90 Å². The van der Waals surface area contributed by atoms with Crippen LogP contribution < -0.4 is 10.9 Å². The van der Waals surface area contributed by atoms with Gasteiger partial charge in [-0.15, -0.1) is 0 Å². The van der Waals surface area contributed by atoms with E-state index in [-0.39, 0.29) is 17.9 Å². The number of nitrogens with one attached hydrogen (secondary N) is 2. The number of hydrogen-bond acceptors (Lipinski definition) is 4. The van der Waals surface area contributed by atoms with Crippen LogP contribution in [0, 0.1) is 5.92 Å². The van der Waals surface area contributed by atoms with E-state index in [4.69, 9.17) is 39.5 Å². The summed E-state index contributed by atoms with van der Waals surface area (Å²) in [6.07, 6.45) is 0.748. The van der Waals surface area contributed by atoms with E-state index in [0.29, 0.717) is 46.7 Å². The molecule has 9 heteroatoms. The van der Waals surface area contributed by atoms with Gasteiger partial charge in [0.05, 0.1) is 15.7 Å². The molecule has 0 aromatic heterocycles. The Morgan fingerprint density at radius 2 is 1.65 bits per heavy atom. The average molecular weight is 423 g/mol. The number of nitrogens with zero attached hydrogens (tertiary/aromatic N) is 1. The molecule has 0 atom stereocenters. The van der Waals surface area contributed by atoms with E-state index in [1.165, 1.54) is 12.1 Å². The van der Waals surface area contributed by atoms with E-state index in [2.05, 4.69) is 10.9 Å². The van der Waals surface area contributed by atoms with Crippen molar-refractivity contribution in [2.75, 3.05) is 18.5 Å². The molecule has 0 aliphatic carbocycles. The lowest BCUT2D eigenvalue weighted by Crippen LogP contribution is -2.45. The maximum absolute atomic E-state index is 12.3. The van der Waals surface area contributed by atoms with Gasteiger partial charge in [-0.3, -0.25) is 15.6 Å². The third-order valence-electron chi connectivity index (χ3n) is 3.84. The van der Waals surface area contributed by atoms with Crippen molar-refractivity contribution in [3.8, 4) is 0 Å². The highest BCUT2D eigenvalue weighted by molar-refractivity contribution is 6.41. The van der Waals surface area contributed by atoms with Gasteiger partial charge >= 0.3 is 6.09 Å². The number of carbonyl (C=O) groups is 2. The van der Waals surface area contributed by atoms with Crippen molar-refractivity contribution < 1.29 is 14.3 Å². The second kappa shape index (κ2) is 8.55. The summed E-state index contributed by atoms with van der Waals surface area (Å²) < 4.78 is 5.35. The Kier molecular flexibility index (Phi) is 6.88. The first-order chi connectivity index (χ1) is 12.1. The summed E-state index contributed by atoms with van der Waals surface area (Å²) >= 11 is 18.0. The fourth-order valence-electron chi connectivity index (χ4n) is 2.54. The molecule has 1 saturated heterocycles. The summed E-state index contributed by atoms with van der Waals surface area (Å²) in [4.78, 5) is 26.0. The number of likely N-dealkylation sites (tertiary alicyclic amines) is 1. The zero-order valence-electron chi connectivity index (χ0n) is 14.9. The van der Waals surface area contributed by atoms with Crippen molar-refractivity contribution in [1.29, 1.82) is 0 Å². The number of carbonyl (C=O) groups excluding carboxylic acids is 2. The second-order valence-corrected chi connectivity index (χ2v) is 8.35. The molecule has 0 spiro atoms. The minimum atomic E-state index is -0.535. The largest absolute Gasteiger partial charge is 0.444 e. The Morgan fingerprint density at radius 1 is 1.12 bits per heavy atom. The number of anilines is 1. The van der Waals surface area contributed by atoms with Crippen molar-refractivity contribution in [2.24, 2.45) is 5.92 Å². The zero-order chi connectivity index (χ0) is 19.5. The van der Waals surface area contributed by atoms with Crippen molar-refractivity contribution in [3.05, 3.63) is 27.2 Å². The average Bonchev–Trinajstić information content (AvgIpc) is 2.52. The van der Waals surface area contributed by atoms with Gasteiger partial charge in [0.25, 0.3) is 0 Å². The van der Waals surface area contributed by atoms with E-state index in [9.17, 15) is 9.59 Å². The minimum absolute atomic E-state index is 0.184. The van der Waals surface area contributed by atoms with Gasteiger partial charge in [0.2, 0.25) is 5.91 Å². The summed E-state index contributed by atoms with van der Waals surface area (Å²) in [7, 11) is 0. The van der Waals surface area contributed by atoms with E-state index in [0.717, 1.165) is 0 Å². The lowest BCUT2D eigenvalue weighted by Gasteiger charge is -2.33. The van der Waals surface area contributed by atoms with Gasteiger partial charge in [-0.05, 0) is 45.7 Å². The third kappa shape index (κ3) is 5.83. The van der Waals surface area contributed by atoms with Crippen molar-refractivity contribution in [2.45, 2.75) is 39.2 Å². The molecule has 0 bridgehead atoms. The molecule has 2 N–H and O–H groups in total. The van der Waals surface area contributed by atoms with Crippen LogP contribution in [0.4, 0.5) is 10.5 Å². The van der Waals surface area contributed by atoms with Gasteiger partial charge in [-0.1, -0.05) is 34.8 Å². The minimum Gasteiger partial charge on any atom is -0.444 e. The molecule has 1 heterocycles. The van der Waals surface area contributed by atoms with Gasteiger partial charge in [0, 0.05) is 24.0 Å². The highest BCUT2D eigenvalue weighted by Gasteiger charge is 2.30. The Balaban J connectivity index is 1.85. The fraction of sp³-hybridized carbons (Fsp3) is 0.529. The standard InChI is InChI=1S/C17H22Cl3N3O3/c1-17(2,3)26-16(25)23-6-4-10(5-7-23)15(24)22-21-14-12(19)8-11(18)9-13(14)20/h8-10,21H,4-7H2,1-3H3,(H,22,24). The van der Waals surface area contributed by atoms with E-state index in [1.807, 2.05) is 20.8 Å². The first-order valence-electron chi connectivity index (χ1n) is 8.25. The Hall–Kier alpha value is -1.37. The number of ether oxygens (including phenoxy) is 1. The number of piperidine rings is 1. The molecular formula is C17H22Cl3N3O3. The van der Waals surface area contributed by atoms with E-state index >= 15 is 0 Å². The third-order valence-corrected chi connectivity index (χ3v) is 4.65. The lowest BCUT2D eigenvalue weighted by atomic mass is 9.96. The highest BCUT2D eigenvalue weighted by atomic mass is 35.5. The highest BCUT2D eigenvalue weighted by Crippen LogP contribution is 2.33. The van der Waals surface area contributed by atoms with Gasteiger partial charge in [0.15, 0.2) is 0 Å². The van der Waals surface area contributed by atoms with Crippen LogP contribution in [0.1, 0.15) is 33.6 Å². The molecule has 0 radical (unpaired) electrons. The molecule has 1 aliphatic rings. The summed E-state index contributed by atoms with van der Waals surface area (Å²) in [5.41, 5.74) is 5.21. The molecular weight excluding hydrogens is 401 g/mol. The molecule has 2 rings (SSSR count). The molecule has 144 valence electrons. The van der Waals surface area contributed by atoms with Crippen molar-refractivity contribution >= 4 is 52.5 Å². The fourth-order valence-corrected chi connectivity index (χ4v) is 3.45. The Bertz CT molecular complexity index is 661. The number of hydrogen-bond donors (Lipinski definition) is 2. The van der Waals surface area contributed by atoms with Crippen LogP contribution in [-0.4, -0.2) is 35.6 Å². The van der Waals surface area contributed by atoms with Gasteiger partial charge in [0.1, 0.15) is 5.60 Å². The predicted molar refractivity (Wildman–Crippen MR) is 104 cm³/mol. The maximum Gasteiger partial charge on any atom is 0.410 e. The summed E-state index contributed by atoms with van der Waals surface area (Å²) in [5.74, 6) is -0.401. The van der Waals surface area contributed by atoms with Crippen LogP contribution in [-0.2, 0) is 9.53 Å². The second-order valence-electron chi connectivity index (χ2n) is 7.10. The summed E-state index contributed by atoms with van der Waals surface area (Å²) in [6, 6.07) is 3.06. The number of rotatable bonds is 3. The first-order valence-corrected chi connectivity index (χ1v) is 9.38. The molecule has 0 saturated carbocycles. The van der Waals surface area contributed by atoms with Crippen LogP contribution in [0.2, 0.25) is 15.1 Å². The predicted octanol–water partition coefficient (Wildman–Crippen LogP) is 4.74. The molecule has 6 nitrogen and oxygen atoms in total. The summed E-state index contributed by atoms with van der Waals surface area (Å²) in [6.45, 7) is 6.41.